The van der Waals surface area contributed by atoms with Crippen LogP contribution in [-0.2, 0) is 0 Å². The van der Waals surface area contributed by atoms with Crippen LogP contribution >= 0.6 is 38.9 Å². The zero-order valence-electron chi connectivity index (χ0n) is 14.1. The SMILES string of the molecule is C[C@H](O)CNc1c(Br)cnc2sc3c(=O)n(-c4ccc(Cl)cc4)cnc3c12. The average Bonchev–Trinajstić information content (AvgIpc) is 3.02. The van der Waals surface area contributed by atoms with Crippen LogP contribution in [0.15, 0.2) is 46.1 Å². The lowest BCUT2D eigenvalue weighted by Crippen LogP contribution is -2.18. The minimum Gasteiger partial charge on any atom is -0.392 e. The van der Waals surface area contributed by atoms with Gasteiger partial charge >= 0.3 is 0 Å². The average molecular weight is 466 g/mol. The normalized spacial score (nSPS) is 12.6. The zero-order chi connectivity index (χ0) is 19.1. The molecule has 3 heterocycles. The van der Waals surface area contributed by atoms with Crippen LogP contribution in [0.3, 0.4) is 0 Å². The highest BCUT2D eigenvalue weighted by atomic mass is 79.9. The van der Waals surface area contributed by atoms with E-state index < -0.39 is 6.10 Å². The van der Waals surface area contributed by atoms with Crippen molar-refractivity contribution in [3.8, 4) is 5.69 Å². The maximum atomic E-state index is 13.0. The number of aliphatic hydroxyl groups excluding tert-OH is 1. The van der Waals surface area contributed by atoms with E-state index in [-0.39, 0.29) is 5.56 Å². The second kappa shape index (κ2) is 7.20. The summed E-state index contributed by atoms with van der Waals surface area (Å²) in [7, 11) is 0. The number of halogens is 2. The van der Waals surface area contributed by atoms with Gasteiger partial charge in [0.15, 0.2) is 0 Å². The van der Waals surface area contributed by atoms with Gasteiger partial charge in [-0.25, -0.2) is 9.97 Å². The van der Waals surface area contributed by atoms with Gasteiger partial charge in [-0.3, -0.25) is 9.36 Å². The molecule has 0 saturated carbocycles. The molecule has 0 amide bonds. The lowest BCUT2D eigenvalue weighted by atomic mass is 10.2. The van der Waals surface area contributed by atoms with E-state index in [0.717, 1.165) is 15.5 Å². The number of nitrogens with zero attached hydrogens (tertiary/aromatic N) is 3. The number of nitrogens with one attached hydrogen (secondary N) is 1. The van der Waals surface area contributed by atoms with Gasteiger partial charge in [-0.05, 0) is 47.1 Å². The third-order valence-electron chi connectivity index (χ3n) is 4.04. The summed E-state index contributed by atoms with van der Waals surface area (Å²) in [5, 5.41) is 14.2. The van der Waals surface area contributed by atoms with E-state index in [1.165, 1.54) is 22.2 Å². The van der Waals surface area contributed by atoms with E-state index in [1.54, 1.807) is 37.4 Å². The first-order chi connectivity index (χ1) is 13.0. The van der Waals surface area contributed by atoms with Crippen LogP contribution in [0.1, 0.15) is 6.92 Å². The summed E-state index contributed by atoms with van der Waals surface area (Å²) in [6, 6.07) is 7.01. The van der Waals surface area contributed by atoms with Crippen molar-refractivity contribution in [2.24, 2.45) is 0 Å². The molecular formula is C18H14BrClN4O2S. The topological polar surface area (TPSA) is 80.0 Å². The van der Waals surface area contributed by atoms with E-state index in [4.69, 9.17) is 11.6 Å². The van der Waals surface area contributed by atoms with Crippen molar-refractivity contribution in [1.82, 2.24) is 14.5 Å². The third-order valence-corrected chi connectivity index (χ3v) is 5.97. The van der Waals surface area contributed by atoms with Crippen molar-refractivity contribution in [2.75, 3.05) is 11.9 Å². The lowest BCUT2D eigenvalue weighted by Gasteiger charge is -2.11. The molecule has 2 N–H and O–H groups in total. The van der Waals surface area contributed by atoms with Crippen LogP contribution < -0.4 is 10.9 Å². The summed E-state index contributed by atoms with van der Waals surface area (Å²) in [6.07, 6.45) is 2.68. The molecule has 0 fully saturated rings. The van der Waals surface area contributed by atoms with Gasteiger partial charge in [0.25, 0.3) is 5.56 Å². The van der Waals surface area contributed by atoms with E-state index in [9.17, 15) is 9.90 Å². The Kier molecular flexibility index (Phi) is 4.90. The maximum Gasteiger partial charge on any atom is 0.275 e. The van der Waals surface area contributed by atoms with Crippen LogP contribution in [0.25, 0.3) is 26.1 Å². The van der Waals surface area contributed by atoms with Gasteiger partial charge in [0.2, 0.25) is 0 Å². The molecule has 0 saturated heterocycles. The van der Waals surface area contributed by atoms with Gasteiger partial charge in [-0.15, -0.1) is 11.3 Å². The van der Waals surface area contributed by atoms with E-state index in [0.29, 0.717) is 32.3 Å². The minimum atomic E-state index is -0.514. The molecule has 0 bridgehead atoms. The molecular weight excluding hydrogens is 452 g/mol. The summed E-state index contributed by atoms with van der Waals surface area (Å²) in [6.45, 7) is 2.07. The molecule has 0 unspecified atom stereocenters. The van der Waals surface area contributed by atoms with Gasteiger partial charge in [0, 0.05) is 17.8 Å². The first kappa shape index (κ1) is 18.4. The molecule has 0 radical (unpaired) electrons. The monoisotopic (exact) mass is 464 g/mol. The predicted molar refractivity (Wildman–Crippen MR) is 113 cm³/mol. The standard InChI is InChI=1S/C18H14BrClN4O2S/c1-9(25)6-21-14-12(19)7-22-17-13(14)15-16(27-17)18(26)24(8-23-15)11-4-2-10(20)3-5-11/h2-5,7-9,25H,6H2,1H3,(H,21,22)/t9-/m0/s1. The number of rotatable bonds is 4. The Balaban J connectivity index is 1.94. The molecule has 0 aliphatic carbocycles. The summed E-state index contributed by atoms with van der Waals surface area (Å²) in [5.74, 6) is 0. The van der Waals surface area contributed by atoms with Crippen LogP contribution in [0.5, 0.6) is 0 Å². The fourth-order valence-corrected chi connectivity index (χ4v) is 4.38. The number of pyridine rings is 1. The second-order valence-corrected chi connectivity index (χ2v) is 8.36. The van der Waals surface area contributed by atoms with Crippen molar-refractivity contribution in [3.63, 3.8) is 0 Å². The number of aliphatic hydroxyl groups is 1. The number of fused-ring (bicyclic) bond motifs is 3. The molecule has 3 aromatic heterocycles. The highest BCUT2D eigenvalue weighted by Crippen LogP contribution is 2.38. The molecule has 4 rings (SSSR count). The van der Waals surface area contributed by atoms with Crippen molar-refractivity contribution in [2.45, 2.75) is 13.0 Å². The van der Waals surface area contributed by atoms with Crippen molar-refractivity contribution >= 4 is 65.0 Å². The lowest BCUT2D eigenvalue weighted by molar-refractivity contribution is 0.208. The predicted octanol–water partition coefficient (Wildman–Crippen LogP) is 4.20. The summed E-state index contributed by atoms with van der Waals surface area (Å²) < 4.78 is 2.76. The van der Waals surface area contributed by atoms with Crippen molar-refractivity contribution in [3.05, 3.63) is 56.6 Å². The number of anilines is 1. The Labute approximate surface area is 171 Å². The molecule has 1 atom stereocenters. The Morgan fingerprint density at radius 2 is 2.07 bits per heavy atom. The van der Waals surface area contributed by atoms with E-state index >= 15 is 0 Å². The van der Waals surface area contributed by atoms with Crippen LogP contribution in [0.2, 0.25) is 5.02 Å². The number of hydrogen-bond acceptors (Lipinski definition) is 6. The Hall–Kier alpha value is -2.00. The molecule has 4 aromatic rings. The van der Waals surface area contributed by atoms with Crippen molar-refractivity contribution < 1.29 is 5.11 Å². The fourth-order valence-electron chi connectivity index (χ4n) is 2.78. The summed E-state index contributed by atoms with van der Waals surface area (Å²) in [4.78, 5) is 22.7. The summed E-state index contributed by atoms with van der Waals surface area (Å²) >= 11 is 10.7. The highest BCUT2D eigenvalue weighted by Gasteiger charge is 2.18. The molecule has 138 valence electrons. The number of hydrogen-bond donors (Lipinski definition) is 2. The largest absolute Gasteiger partial charge is 0.392 e. The molecule has 0 aliphatic heterocycles. The van der Waals surface area contributed by atoms with Crippen LogP contribution in [0.4, 0.5) is 5.69 Å². The van der Waals surface area contributed by atoms with E-state index in [2.05, 4.69) is 31.2 Å². The van der Waals surface area contributed by atoms with Crippen LogP contribution in [0, 0.1) is 0 Å². The first-order valence-electron chi connectivity index (χ1n) is 8.12. The quantitative estimate of drug-likeness (QED) is 0.472. The second-order valence-electron chi connectivity index (χ2n) is 6.07. The maximum absolute atomic E-state index is 13.0. The number of aromatic nitrogens is 3. The van der Waals surface area contributed by atoms with Gasteiger partial charge in [-0.1, -0.05) is 11.6 Å². The molecule has 27 heavy (non-hydrogen) atoms. The number of thiophene rings is 1. The Morgan fingerprint density at radius 1 is 1.33 bits per heavy atom. The number of benzene rings is 1. The minimum absolute atomic E-state index is 0.164. The van der Waals surface area contributed by atoms with Crippen LogP contribution in [-0.4, -0.2) is 32.3 Å². The smallest absolute Gasteiger partial charge is 0.275 e. The summed E-state index contributed by atoms with van der Waals surface area (Å²) in [5.41, 5.74) is 1.89. The van der Waals surface area contributed by atoms with Gasteiger partial charge in [0.1, 0.15) is 21.4 Å². The molecule has 9 heteroatoms. The van der Waals surface area contributed by atoms with E-state index in [1.807, 2.05) is 0 Å². The fraction of sp³-hybridized carbons (Fsp3) is 0.167. The zero-order valence-corrected chi connectivity index (χ0v) is 17.3. The first-order valence-corrected chi connectivity index (χ1v) is 10.1. The van der Waals surface area contributed by atoms with Gasteiger partial charge in [-0.2, -0.15) is 0 Å². The van der Waals surface area contributed by atoms with Crippen molar-refractivity contribution in [1.29, 1.82) is 0 Å². The Morgan fingerprint density at radius 3 is 2.78 bits per heavy atom. The molecule has 6 nitrogen and oxygen atoms in total. The molecule has 0 spiro atoms. The van der Waals surface area contributed by atoms with Gasteiger partial charge < -0.3 is 10.4 Å². The van der Waals surface area contributed by atoms with Gasteiger partial charge in [0.05, 0.1) is 27.3 Å². The third kappa shape index (κ3) is 3.34. The Bertz CT molecular complexity index is 1200. The highest BCUT2D eigenvalue weighted by molar-refractivity contribution is 9.10. The molecule has 1 aromatic carbocycles. The molecule has 0 aliphatic rings.